The summed E-state index contributed by atoms with van der Waals surface area (Å²) in [7, 11) is 0. The molecule has 0 N–H and O–H groups in total. The summed E-state index contributed by atoms with van der Waals surface area (Å²) < 4.78 is 16.8. The zero-order chi connectivity index (χ0) is 45.8. The van der Waals surface area contributed by atoms with E-state index in [0.717, 1.165) is 83.5 Å². The van der Waals surface area contributed by atoms with Gasteiger partial charge in [-0.15, -0.1) is 0 Å². The molecule has 0 aromatic heterocycles. The van der Waals surface area contributed by atoms with Crippen LogP contribution in [0.5, 0.6) is 0 Å². The standard InChI is InChI=1S/C57H104O6/c1-4-7-10-13-16-19-22-25-27-28-30-33-36-39-42-45-48-51-57(60)63-54(52-61-55(58)49-46-43-40-37-34-31-24-21-18-15-12-9-6-3)53-62-56(59)50-47-44-41-38-35-32-29-26-23-20-17-14-11-8-5-2/h17,20-21,24,26,29,54H,4-16,18-19,22-23,25,27-28,30-53H2,1-3H3/b20-17-,24-21-,29-26-/t54-/m0/s1. The van der Waals surface area contributed by atoms with Gasteiger partial charge in [-0.05, 0) is 77.0 Å². The van der Waals surface area contributed by atoms with Gasteiger partial charge in [-0.3, -0.25) is 14.4 Å². The normalized spacial score (nSPS) is 12.2. The molecule has 0 heterocycles. The Morgan fingerprint density at radius 1 is 0.317 bits per heavy atom. The Kier molecular flexibility index (Phi) is 50.3. The summed E-state index contributed by atoms with van der Waals surface area (Å²) in [6.07, 6.45) is 61.2. The number of carbonyl (C=O) groups excluding carboxylic acids is 3. The number of allylic oxidation sites excluding steroid dienone is 6. The van der Waals surface area contributed by atoms with Gasteiger partial charge in [0.2, 0.25) is 0 Å². The van der Waals surface area contributed by atoms with Gasteiger partial charge in [-0.1, -0.05) is 231 Å². The second-order valence-electron chi connectivity index (χ2n) is 18.5. The lowest BCUT2D eigenvalue weighted by molar-refractivity contribution is -0.167. The van der Waals surface area contributed by atoms with Crippen LogP contribution in [0.1, 0.15) is 290 Å². The molecule has 63 heavy (non-hydrogen) atoms. The first-order valence-corrected chi connectivity index (χ1v) is 27.5. The monoisotopic (exact) mass is 885 g/mol. The van der Waals surface area contributed by atoms with Crippen molar-refractivity contribution < 1.29 is 28.6 Å². The van der Waals surface area contributed by atoms with Crippen molar-refractivity contribution in [3.8, 4) is 0 Å². The second kappa shape index (κ2) is 52.3. The highest BCUT2D eigenvalue weighted by Gasteiger charge is 2.19. The van der Waals surface area contributed by atoms with E-state index in [1.165, 1.54) is 167 Å². The van der Waals surface area contributed by atoms with Crippen LogP contribution in [0.15, 0.2) is 36.5 Å². The molecule has 0 saturated heterocycles. The van der Waals surface area contributed by atoms with E-state index in [4.69, 9.17) is 14.2 Å². The highest BCUT2D eigenvalue weighted by atomic mass is 16.6. The van der Waals surface area contributed by atoms with Gasteiger partial charge in [0.15, 0.2) is 6.10 Å². The first-order valence-electron chi connectivity index (χ1n) is 27.5. The van der Waals surface area contributed by atoms with Crippen LogP contribution in [-0.2, 0) is 28.6 Å². The van der Waals surface area contributed by atoms with E-state index < -0.39 is 6.10 Å². The summed E-state index contributed by atoms with van der Waals surface area (Å²) in [5, 5.41) is 0. The maximum absolute atomic E-state index is 12.8. The van der Waals surface area contributed by atoms with Gasteiger partial charge in [0.1, 0.15) is 13.2 Å². The first-order chi connectivity index (χ1) is 31.0. The van der Waals surface area contributed by atoms with E-state index in [9.17, 15) is 14.4 Å². The molecule has 0 aliphatic carbocycles. The Hall–Kier alpha value is -2.37. The van der Waals surface area contributed by atoms with Gasteiger partial charge in [-0.25, -0.2) is 0 Å². The van der Waals surface area contributed by atoms with Crippen molar-refractivity contribution in [1.82, 2.24) is 0 Å². The molecule has 0 radical (unpaired) electrons. The molecular weight excluding hydrogens is 781 g/mol. The van der Waals surface area contributed by atoms with Crippen molar-refractivity contribution in [2.75, 3.05) is 13.2 Å². The molecule has 0 rings (SSSR count). The molecular formula is C57H104O6. The number of esters is 3. The molecule has 0 aliphatic rings. The van der Waals surface area contributed by atoms with Crippen molar-refractivity contribution in [2.45, 2.75) is 297 Å². The van der Waals surface area contributed by atoms with Gasteiger partial charge >= 0.3 is 17.9 Å². The number of rotatable bonds is 50. The van der Waals surface area contributed by atoms with E-state index >= 15 is 0 Å². The molecule has 0 aromatic carbocycles. The lowest BCUT2D eigenvalue weighted by Gasteiger charge is -2.18. The Morgan fingerprint density at radius 2 is 0.571 bits per heavy atom. The number of ether oxygens (including phenoxy) is 3. The zero-order valence-corrected chi connectivity index (χ0v) is 42.1. The summed E-state index contributed by atoms with van der Waals surface area (Å²) in [5.74, 6) is -0.886. The molecule has 0 spiro atoms. The topological polar surface area (TPSA) is 78.9 Å². The average Bonchev–Trinajstić information content (AvgIpc) is 3.28. The first kappa shape index (κ1) is 60.6. The van der Waals surface area contributed by atoms with Gasteiger partial charge in [0, 0.05) is 19.3 Å². The van der Waals surface area contributed by atoms with Gasteiger partial charge in [-0.2, -0.15) is 0 Å². The Labute approximate surface area is 391 Å². The third-order valence-corrected chi connectivity index (χ3v) is 12.1. The lowest BCUT2D eigenvalue weighted by atomic mass is 10.0. The minimum Gasteiger partial charge on any atom is -0.462 e. The Bertz CT molecular complexity index is 1060. The maximum atomic E-state index is 12.8. The quantitative estimate of drug-likeness (QED) is 0.0262. The van der Waals surface area contributed by atoms with Crippen LogP contribution in [0.2, 0.25) is 0 Å². The summed E-state index contributed by atoms with van der Waals surface area (Å²) in [6.45, 7) is 6.61. The summed E-state index contributed by atoms with van der Waals surface area (Å²) in [4.78, 5) is 38.0. The van der Waals surface area contributed by atoms with Crippen LogP contribution >= 0.6 is 0 Å². The van der Waals surface area contributed by atoms with Crippen LogP contribution < -0.4 is 0 Å². The third kappa shape index (κ3) is 50.5. The SMILES string of the molecule is CCCCC/C=C\C/C=C\CCCCCCCC(=O)OC[C@H](COC(=O)CCCCCCC/C=C\CCCCCC)OC(=O)CCCCCCCCCCCCCCCCCCC. The molecule has 0 amide bonds. The fourth-order valence-corrected chi connectivity index (χ4v) is 7.94. The smallest absolute Gasteiger partial charge is 0.306 e. The van der Waals surface area contributed by atoms with Crippen molar-refractivity contribution in [1.29, 1.82) is 0 Å². The molecule has 0 aliphatic heterocycles. The second-order valence-corrected chi connectivity index (χ2v) is 18.5. The average molecular weight is 885 g/mol. The van der Waals surface area contributed by atoms with E-state index in [2.05, 4.69) is 57.2 Å². The number of hydrogen-bond donors (Lipinski definition) is 0. The van der Waals surface area contributed by atoms with Gasteiger partial charge < -0.3 is 14.2 Å². The molecule has 368 valence electrons. The molecule has 1 atom stereocenters. The number of unbranched alkanes of at least 4 members (excludes halogenated alkanes) is 33. The predicted octanol–water partition coefficient (Wildman–Crippen LogP) is 18.1. The fourth-order valence-electron chi connectivity index (χ4n) is 7.94. The molecule has 0 aromatic rings. The van der Waals surface area contributed by atoms with Crippen molar-refractivity contribution in [3.63, 3.8) is 0 Å². The van der Waals surface area contributed by atoms with Crippen molar-refractivity contribution in [3.05, 3.63) is 36.5 Å². The minimum absolute atomic E-state index is 0.0780. The molecule has 6 nitrogen and oxygen atoms in total. The zero-order valence-electron chi connectivity index (χ0n) is 42.1. The summed E-state index contributed by atoms with van der Waals surface area (Å²) in [5.41, 5.74) is 0. The summed E-state index contributed by atoms with van der Waals surface area (Å²) >= 11 is 0. The number of hydrogen-bond acceptors (Lipinski definition) is 6. The molecule has 0 unspecified atom stereocenters. The maximum Gasteiger partial charge on any atom is 0.306 e. The number of carbonyl (C=O) groups is 3. The van der Waals surface area contributed by atoms with E-state index in [1.54, 1.807) is 0 Å². The molecule has 0 saturated carbocycles. The van der Waals surface area contributed by atoms with Crippen LogP contribution in [0.25, 0.3) is 0 Å². The Morgan fingerprint density at radius 3 is 0.937 bits per heavy atom. The van der Waals surface area contributed by atoms with E-state index in [-0.39, 0.29) is 31.1 Å². The molecule has 0 bridgehead atoms. The summed E-state index contributed by atoms with van der Waals surface area (Å²) in [6, 6.07) is 0. The largest absolute Gasteiger partial charge is 0.462 e. The van der Waals surface area contributed by atoms with Crippen LogP contribution in [-0.4, -0.2) is 37.2 Å². The van der Waals surface area contributed by atoms with Crippen molar-refractivity contribution >= 4 is 17.9 Å². The third-order valence-electron chi connectivity index (χ3n) is 12.1. The van der Waals surface area contributed by atoms with Crippen LogP contribution in [0, 0.1) is 0 Å². The van der Waals surface area contributed by atoms with E-state index in [0.29, 0.717) is 19.3 Å². The van der Waals surface area contributed by atoms with Crippen LogP contribution in [0.3, 0.4) is 0 Å². The molecule has 0 fully saturated rings. The van der Waals surface area contributed by atoms with Gasteiger partial charge in [0.05, 0.1) is 0 Å². The van der Waals surface area contributed by atoms with Crippen molar-refractivity contribution in [2.24, 2.45) is 0 Å². The fraction of sp³-hybridized carbons (Fsp3) is 0.842. The highest BCUT2D eigenvalue weighted by molar-refractivity contribution is 5.71. The lowest BCUT2D eigenvalue weighted by Crippen LogP contribution is -2.30. The highest BCUT2D eigenvalue weighted by Crippen LogP contribution is 2.16. The predicted molar refractivity (Wildman–Crippen MR) is 270 cm³/mol. The van der Waals surface area contributed by atoms with E-state index in [1.807, 2.05) is 0 Å². The Balaban J connectivity index is 4.37. The molecule has 6 heteroatoms. The minimum atomic E-state index is -0.777. The van der Waals surface area contributed by atoms with Gasteiger partial charge in [0.25, 0.3) is 0 Å². The van der Waals surface area contributed by atoms with Crippen LogP contribution in [0.4, 0.5) is 0 Å².